The molecule has 0 aliphatic rings. The maximum Gasteiger partial charge on any atom is 0.307 e. The molecule has 15 heavy (non-hydrogen) atoms. The molecule has 0 amide bonds. The van der Waals surface area contributed by atoms with Gasteiger partial charge in [0.25, 0.3) is 0 Å². The summed E-state index contributed by atoms with van der Waals surface area (Å²) in [6, 6.07) is 8.53. The van der Waals surface area contributed by atoms with Crippen LogP contribution in [-0.2, 0) is 9.53 Å². The average molecular weight is 209 g/mol. The molecule has 1 aromatic carbocycles. The van der Waals surface area contributed by atoms with Gasteiger partial charge in [0.1, 0.15) is 0 Å². The number of carbonyl (C=O) groups is 1. The molecular formula is C12H17NO2. The van der Waals surface area contributed by atoms with Gasteiger partial charge in [0, 0.05) is 14.5 Å². The van der Waals surface area contributed by atoms with Crippen LogP contribution in [0.3, 0.4) is 0 Å². The number of ether oxygens (including phenoxy) is 1. The Hall–Kier alpha value is -1.51. The minimum Gasteiger partial charge on any atom is -0.466 e. The molecule has 1 atom stereocenters. The molecule has 0 fully saturated rings. The number of rotatable bonds is 5. The SMILES string of the molecule is [2H]C([2H])(C(=O)OCC)C(C)Nc1ccccc1. The third-order valence-corrected chi connectivity index (χ3v) is 1.77. The van der Waals surface area contributed by atoms with Crippen LogP contribution in [0.1, 0.15) is 23.0 Å². The van der Waals surface area contributed by atoms with E-state index in [1.807, 2.05) is 30.3 Å². The highest BCUT2D eigenvalue weighted by Crippen LogP contribution is 2.08. The van der Waals surface area contributed by atoms with E-state index in [2.05, 4.69) is 5.32 Å². The molecule has 1 unspecified atom stereocenters. The zero-order valence-corrected chi connectivity index (χ0v) is 8.99. The van der Waals surface area contributed by atoms with Gasteiger partial charge in [-0.3, -0.25) is 4.79 Å². The van der Waals surface area contributed by atoms with Crippen LogP contribution in [0.2, 0.25) is 0 Å². The molecule has 82 valence electrons. The molecule has 0 heterocycles. The highest BCUT2D eigenvalue weighted by atomic mass is 16.5. The molecule has 1 aromatic rings. The van der Waals surface area contributed by atoms with E-state index in [1.54, 1.807) is 13.8 Å². The van der Waals surface area contributed by atoms with Crippen molar-refractivity contribution in [1.29, 1.82) is 0 Å². The molecule has 0 radical (unpaired) electrons. The van der Waals surface area contributed by atoms with Crippen molar-refractivity contribution in [3.05, 3.63) is 30.3 Å². The van der Waals surface area contributed by atoms with Crippen LogP contribution in [0.15, 0.2) is 30.3 Å². The summed E-state index contributed by atoms with van der Waals surface area (Å²) in [6.45, 7) is 3.45. The van der Waals surface area contributed by atoms with Crippen molar-refractivity contribution in [3.8, 4) is 0 Å². The summed E-state index contributed by atoms with van der Waals surface area (Å²) < 4.78 is 20.2. The van der Waals surface area contributed by atoms with E-state index in [-0.39, 0.29) is 6.61 Å². The zero-order valence-electron chi connectivity index (χ0n) is 11.0. The Morgan fingerprint density at radius 3 is 2.80 bits per heavy atom. The minimum absolute atomic E-state index is 0.177. The van der Waals surface area contributed by atoms with Crippen LogP contribution in [0, 0.1) is 0 Å². The standard InChI is InChI=1S/C12H17NO2/c1-3-15-12(14)9-10(2)13-11-7-5-4-6-8-11/h4-8,10,13H,3,9H2,1-2H3/i9D2. The topological polar surface area (TPSA) is 38.3 Å². The van der Waals surface area contributed by atoms with E-state index in [0.29, 0.717) is 0 Å². The summed E-state index contributed by atoms with van der Waals surface area (Å²) in [6.07, 6.45) is -2.05. The molecule has 3 heteroatoms. The maximum atomic E-state index is 11.5. The Bertz CT molecular complexity index is 368. The third kappa shape index (κ3) is 4.49. The first-order valence-corrected chi connectivity index (χ1v) is 4.97. The number of hydrogen-bond donors (Lipinski definition) is 1. The van der Waals surface area contributed by atoms with Gasteiger partial charge in [-0.2, -0.15) is 0 Å². The second kappa shape index (κ2) is 6.06. The number of hydrogen-bond acceptors (Lipinski definition) is 3. The second-order valence-corrected chi connectivity index (χ2v) is 3.10. The summed E-state index contributed by atoms with van der Waals surface area (Å²) in [5.41, 5.74) is 0.771. The van der Waals surface area contributed by atoms with Gasteiger partial charge in [0.2, 0.25) is 0 Å². The van der Waals surface area contributed by atoms with Gasteiger partial charge in [0.15, 0.2) is 0 Å². The lowest BCUT2D eigenvalue weighted by Crippen LogP contribution is -2.20. The van der Waals surface area contributed by atoms with Crippen LogP contribution in [-0.4, -0.2) is 18.6 Å². The summed E-state index contributed by atoms with van der Waals surface area (Å²) in [7, 11) is 0. The average Bonchev–Trinajstić information content (AvgIpc) is 2.30. The first kappa shape index (κ1) is 8.77. The van der Waals surface area contributed by atoms with Gasteiger partial charge >= 0.3 is 5.97 Å². The van der Waals surface area contributed by atoms with Crippen LogP contribution in [0.4, 0.5) is 5.69 Å². The Balaban J connectivity index is 2.69. The first-order chi connectivity index (χ1) is 7.98. The lowest BCUT2D eigenvalue weighted by molar-refractivity contribution is -0.143. The Morgan fingerprint density at radius 1 is 1.53 bits per heavy atom. The van der Waals surface area contributed by atoms with Crippen molar-refractivity contribution in [2.45, 2.75) is 26.3 Å². The quantitative estimate of drug-likeness (QED) is 0.757. The van der Waals surface area contributed by atoms with Crippen LogP contribution in [0.25, 0.3) is 0 Å². The lowest BCUT2D eigenvalue weighted by atomic mass is 10.2. The maximum absolute atomic E-state index is 11.5. The Labute approximate surface area is 93.3 Å². The van der Waals surface area contributed by atoms with Gasteiger partial charge in [-0.05, 0) is 26.0 Å². The van der Waals surface area contributed by atoms with E-state index in [1.165, 1.54) is 0 Å². The first-order valence-electron chi connectivity index (χ1n) is 5.97. The molecule has 0 aliphatic carbocycles. The van der Waals surface area contributed by atoms with E-state index < -0.39 is 18.4 Å². The summed E-state index contributed by atoms with van der Waals surface area (Å²) in [5, 5.41) is 2.95. The third-order valence-electron chi connectivity index (χ3n) is 1.77. The van der Waals surface area contributed by atoms with E-state index in [4.69, 9.17) is 7.48 Å². The van der Waals surface area contributed by atoms with Gasteiger partial charge in [-0.25, -0.2) is 0 Å². The van der Waals surface area contributed by atoms with Crippen LogP contribution < -0.4 is 5.32 Å². The molecule has 0 spiro atoms. The molecule has 0 aromatic heterocycles. The molecule has 1 N–H and O–H groups in total. The predicted molar refractivity (Wildman–Crippen MR) is 60.8 cm³/mol. The van der Waals surface area contributed by atoms with Crippen molar-refractivity contribution in [1.82, 2.24) is 0 Å². The summed E-state index contributed by atoms with van der Waals surface area (Å²) in [5.74, 6) is -0.837. The van der Waals surface area contributed by atoms with Crippen molar-refractivity contribution >= 4 is 11.7 Å². The highest BCUT2D eigenvalue weighted by molar-refractivity contribution is 5.70. The van der Waals surface area contributed by atoms with Gasteiger partial charge in [-0.1, -0.05) is 18.2 Å². The monoisotopic (exact) mass is 209 g/mol. The number of esters is 1. The molecule has 0 bridgehead atoms. The number of carbonyl (C=O) groups excluding carboxylic acids is 1. The van der Waals surface area contributed by atoms with Gasteiger partial charge in [-0.15, -0.1) is 0 Å². The van der Waals surface area contributed by atoms with Gasteiger partial charge in [0.05, 0.1) is 13.0 Å². The molecular weight excluding hydrogens is 190 g/mol. The van der Waals surface area contributed by atoms with Crippen molar-refractivity contribution in [2.24, 2.45) is 0 Å². The molecule has 0 saturated heterocycles. The second-order valence-electron chi connectivity index (χ2n) is 3.10. The number of para-hydroxylation sites is 1. The largest absolute Gasteiger partial charge is 0.466 e. The number of anilines is 1. The fourth-order valence-corrected chi connectivity index (χ4v) is 1.17. The van der Waals surface area contributed by atoms with Crippen LogP contribution >= 0.6 is 0 Å². The normalized spacial score (nSPS) is 14.8. The Morgan fingerprint density at radius 2 is 2.20 bits per heavy atom. The van der Waals surface area contributed by atoms with Gasteiger partial charge < -0.3 is 10.1 Å². The number of benzene rings is 1. The smallest absolute Gasteiger partial charge is 0.307 e. The van der Waals surface area contributed by atoms with Crippen LogP contribution in [0.5, 0.6) is 0 Å². The van der Waals surface area contributed by atoms with Crippen molar-refractivity contribution in [3.63, 3.8) is 0 Å². The fraction of sp³-hybridized carbons (Fsp3) is 0.417. The van der Waals surface area contributed by atoms with Crippen molar-refractivity contribution in [2.75, 3.05) is 11.9 Å². The molecule has 1 rings (SSSR count). The predicted octanol–water partition coefficient (Wildman–Crippen LogP) is 2.44. The summed E-state index contributed by atoms with van der Waals surface area (Å²) >= 11 is 0. The lowest BCUT2D eigenvalue weighted by Gasteiger charge is -2.14. The minimum atomic E-state index is -2.05. The highest BCUT2D eigenvalue weighted by Gasteiger charge is 2.08. The van der Waals surface area contributed by atoms with Crippen molar-refractivity contribution < 1.29 is 12.3 Å². The van der Waals surface area contributed by atoms with E-state index >= 15 is 0 Å². The van der Waals surface area contributed by atoms with E-state index in [0.717, 1.165) is 5.69 Å². The van der Waals surface area contributed by atoms with E-state index in [9.17, 15) is 4.79 Å². The molecule has 0 aliphatic heterocycles. The Kier molecular flexibility index (Phi) is 3.55. The molecule has 3 nitrogen and oxygen atoms in total. The summed E-state index contributed by atoms with van der Waals surface area (Å²) in [4.78, 5) is 11.5. The number of nitrogens with one attached hydrogen (secondary N) is 1. The zero-order chi connectivity index (χ0) is 12.9. The molecule has 0 saturated carbocycles. The fourth-order valence-electron chi connectivity index (χ4n) is 1.17.